The van der Waals surface area contributed by atoms with Gasteiger partial charge in [-0.05, 0) is 54.4 Å². The molecule has 0 aliphatic carbocycles. The van der Waals surface area contributed by atoms with Crippen molar-refractivity contribution < 1.29 is 24.6 Å². The fraction of sp³-hybridized carbons (Fsp3) is 0.0870. The highest BCUT2D eigenvalue weighted by Gasteiger charge is 2.27. The standard InChI is InChI=1S/C14H11NO.C9H8O4/c16-14-10-11-6-4-5-9-13(11)15(14)12-7-2-1-3-8-12;1-5-2-6(8(10)11)4-7(3-5)9(12)13/h1-9H,10H2;2-4H,1H3,(H,10,11)(H,12,13). The zero-order valence-corrected chi connectivity index (χ0v) is 15.7. The van der Waals surface area contributed by atoms with Crippen LogP contribution in [0, 0.1) is 6.92 Å². The average Bonchev–Trinajstić information content (AvgIpc) is 3.04. The highest BCUT2D eigenvalue weighted by Crippen LogP contribution is 2.34. The smallest absolute Gasteiger partial charge is 0.335 e. The van der Waals surface area contributed by atoms with Gasteiger partial charge >= 0.3 is 11.9 Å². The first kappa shape index (κ1) is 19.8. The molecule has 0 unspecified atom stereocenters. The number of amides is 1. The normalized spacial score (nSPS) is 12.0. The summed E-state index contributed by atoms with van der Waals surface area (Å²) in [6.45, 7) is 1.65. The Kier molecular flexibility index (Phi) is 5.74. The van der Waals surface area contributed by atoms with Gasteiger partial charge < -0.3 is 10.2 Å². The number of aromatic carboxylic acids is 2. The van der Waals surface area contributed by atoms with E-state index in [-0.39, 0.29) is 17.0 Å². The molecule has 1 aliphatic heterocycles. The lowest BCUT2D eigenvalue weighted by molar-refractivity contribution is -0.116. The van der Waals surface area contributed by atoms with E-state index in [1.54, 1.807) is 11.8 Å². The van der Waals surface area contributed by atoms with E-state index in [0.29, 0.717) is 12.0 Å². The van der Waals surface area contributed by atoms with E-state index in [4.69, 9.17) is 10.2 Å². The largest absolute Gasteiger partial charge is 0.478 e. The summed E-state index contributed by atoms with van der Waals surface area (Å²) in [5.74, 6) is -2.09. The Bertz CT molecular complexity index is 1040. The quantitative estimate of drug-likeness (QED) is 0.696. The van der Waals surface area contributed by atoms with E-state index in [1.165, 1.54) is 12.1 Å². The summed E-state index contributed by atoms with van der Waals surface area (Å²) in [6.07, 6.45) is 0.505. The van der Waals surface area contributed by atoms with Crippen molar-refractivity contribution in [1.82, 2.24) is 0 Å². The van der Waals surface area contributed by atoms with Crippen LogP contribution in [0.2, 0.25) is 0 Å². The van der Waals surface area contributed by atoms with Crippen LogP contribution in [0.3, 0.4) is 0 Å². The van der Waals surface area contributed by atoms with Gasteiger partial charge in [-0.1, -0.05) is 36.4 Å². The Morgan fingerprint density at radius 3 is 1.97 bits per heavy atom. The number of fused-ring (bicyclic) bond motifs is 1. The molecule has 0 aromatic heterocycles. The summed E-state index contributed by atoms with van der Waals surface area (Å²) in [5.41, 5.74) is 3.68. The molecule has 0 saturated carbocycles. The fourth-order valence-electron chi connectivity index (χ4n) is 3.14. The molecule has 146 valence electrons. The van der Waals surface area contributed by atoms with Crippen LogP contribution in [0.5, 0.6) is 0 Å². The minimum Gasteiger partial charge on any atom is -0.478 e. The number of rotatable bonds is 3. The van der Waals surface area contributed by atoms with Crippen molar-refractivity contribution in [1.29, 1.82) is 0 Å². The molecule has 0 saturated heterocycles. The number of anilines is 2. The van der Waals surface area contributed by atoms with Crippen molar-refractivity contribution in [3.05, 3.63) is 95.1 Å². The fourth-order valence-corrected chi connectivity index (χ4v) is 3.14. The maximum Gasteiger partial charge on any atom is 0.335 e. The van der Waals surface area contributed by atoms with Gasteiger partial charge in [0.2, 0.25) is 5.91 Å². The third kappa shape index (κ3) is 4.50. The zero-order valence-electron chi connectivity index (χ0n) is 15.7. The third-order valence-corrected chi connectivity index (χ3v) is 4.41. The summed E-state index contributed by atoms with van der Waals surface area (Å²) < 4.78 is 0. The molecule has 1 aliphatic rings. The number of aryl methyl sites for hydroxylation is 1. The van der Waals surface area contributed by atoms with Crippen LogP contribution >= 0.6 is 0 Å². The van der Waals surface area contributed by atoms with Gasteiger partial charge in [0.25, 0.3) is 0 Å². The summed E-state index contributed by atoms with van der Waals surface area (Å²) in [7, 11) is 0. The van der Waals surface area contributed by atoms with Crippen molar-refractivity contribution in [2.24, 2.45) is 0 Å². The second kappa shape index (κ2) is 8.39. The maximum atomic E-state index is 12.0. The number of carboxylic acids is 2. The van der Waals surface area contributed by atoms with Crippen LogP contribution in [0.25, 0.3) is 0 Å². The Labute approximate surface area is 167 Å². The first-order chi connectivity index (χ1) is 13.9. The summed E-state index contributed by atoms with van der Waals surface area (Å²) >= 11 is 0. The average molecular weight is 389 g/mol. The SMILES string of the molecule is Cc1cc(C(=O)O)cc(C(=O)O)c1.O=C1Cc2ccccc2N1c1ccccc1. The molecule has 3 aromatic rings. The lowest BCUT2D eigenvalue weighted by Gasteiger charge is -2.17. The predicted octanol–water partition coefficient (Wildman–Crippen LogP) is 4.30. The Morgan fingerprint density at radius 1 is 0.828 bits per heavy atom. The van der Waals surface area contributed by atoms with Crippen molar-refractivity contribution in [2.75, 3.05) is 4.90 Å². The molecule has 2 N–H and O–H groups in total. The number of hydrogen-bond donors (Lipinski definition) is 2. The summed E-state index contributed by atoms with van der Waals surface area (Å²) in [4.78, 5) is 34.8. The minimum absolute atomic E-state index is 0.00241. The molecule has 1 heterocycles. The highest BCUT2D eigenvalue weighted by atomic mass is 16.4. The van der Waals surface area contributed by atoms with E-state index < -0.39 is 11.9 Å². The molecule has 1 amide bonds. The maximum absolute atomic E-state index is 12.0. The minimum atomic E-state index is -1.12. The summed E-state index contributed by atoms with van der Waals surface area (Å²) in [6, 6.07) is 21.7. The van der Waals surface area contributed by atoms with E-state index in [2.05, 4.69) is 0 Å². The Hall–Kier alpha value is -3.93. The first-order valence-electron chi connectivity index (χ1n) is 8.91. The first-order valence-corrected chi connectivity index (χ1v) is 8.91. The van der Waals surface area contributed by atoms with E-state index in [1.807, 2.05) is 54.6 Å². The van der Waals surface area contributed by atoms with Crippen molar-refractivity contribution in [3.8, 4) is 0 Å². The second-order valence-electron chi connectivity index (χ2n) is 6.57. The molecule has 0 atom stereocenters. The van der Waals surface area contributed by atoms with Crippen LogP contribution < -0.4 is 4.90 Å². The molecule has 0 bridgehead atoms. The van der Waals surface area contributed by atoms with E-state index in [0.717, 1.165) is 23.0 Å². The molecular formula is C23H19NO5. The van der Waals surface area contributed by atoms with Gasteiger partial charge in [-0.25, -0.2) is 9.59 Å². The van der Waals surface area contributed by atoms with Crippen LogP contribution in [-0.2, 0) is 11.2 Å². The number of carbonyl (C=O) groups excluding carboxylic acids is 1. The van der Waals surface area contributed by atoms with Crippen LogP contribution in [0.1, 0.15) is 31.8 Å². The van der Waals surface area contributed by atoms with Gasteiger partial charge in [-0.2, -0.15) is 0 Å². The highest BCUT2D eigenvalue weighted by molar-refractivity contribution is 6.07. The van der Waals surface area contributed by atoms with Gasteiger partial charge in [0.15, 0.2) is 0 Å². The monoisotopic (exact) mass is 389 g/mol. The zero-order chi connectivity index (χ0) is 21.0. The van der Waals surface area contributed by atoms with Crippen LogP contribution in [0.15, 0.2) is 72.8 Å². The molecule has 0 radical (unpaired) electrons. The number of para-hydroxylation sites is 2. The Morgan fingerprint density at radius 2 is 1.38 bits per heavy atom. The number of benzene rings is 3. The molecule has 3 aromatic carbocycles. The van der Waals surface area contributed by atoms with Gasteiger partial charge in [-0.15, -0.1) is 0 Å². The van der Waals surface area contributed by atoms with E-state index >= 15 is 0 Å². The molecule has 6 nitrogen and oxygen atoms in total. The molecule has 0 spiro atoms. The number of nitrogens with zero attached hydrogens (tertiary/aromatic N) is 1. The number of carboxylic acid groups (broad SMARTS) is 2. The number of hydrogen-bond acceptors (Lipinski definition) is 3. The number of carbonyl (C=O) groups is 3. The van der Waals surface area contributed by atoms with E-state index in [9.17, 15) is 14.4 Å². The van der Waals surface area contributed by atoms with Gasteiger partial charge in [0.05, 0.1) is 23.2 Å². The molecule has 0 fully saturated rings. The van der Waals surface area contributed by atoms with Gasteiger partial charge in [0.1, 0.15) is 0 Å². The molecule has 29 heavy (non-hydrogen) atoms. The second-order valence-corrected chi connectivity index (χ2v) is 6.57. The van der Waals surface area contributed by atoms with Crippen molar-refractivity contribution >= 4 is 29.2 Å². The topological polar surface area (TPSA) is 94.9 Å². The molecular weight excluding hydrogens is 370 g/mol. The molecule has 6 heteroatoms. The lowest BCUT2D eigenvalue weighted by Crippen LogP contribution is -2.20. The predicted molar refractivity (Wildman–Crippen MR) is 109 cm³/mol. The van der Waals surface area contributed by atoms with Crippen LogP contribution in [-0.4, -0.2) is 28.1 Å². The lowest BCUT2D eigenvalue weighted by atomic mass is 10.1. The third-order valence-electron chi connectivity index (χ3n) is 4.41. The van der Waals surface area contributed by atoms with Crippen molar-refractivity contribution in [2.45, 2.75) is 13.3 Å². The van der Waals surface area contributed by atoms with Crippen LogP contribution in [0.4, 0.5) is 11.4 Å². The Balaban J connectivity index is 0.000000170. The van der Waals surface area contributed by atoms with Gasteiger partial charge in [0, 0.05) is 5.69 Å². The summed E-state index contributed by atoms with van der Waals surface area (Å²) in [5, 5.41) is 17.2. The van der Waals surface area contributed by atoms with Gasteiger partial charge in [-0.3, -0.25) is 9.69 Å². The van der Waals surface area contributed by atoms with Crippen molar-refractivity contribution in [3.63, 3.8) is 0 Å². The molecule has 4 rings (SSSR count).